The number of allylic oxidation sites excluding steroid dienone is 3. The molecule has 1 aromatic rings. The number of hydrogen-bond donors (Lipinski definition) is 2. The third kappa shape index (κ3) is 4.57. The summed E-state index contributed by atoms with van der Waals surface area (Å²) >= 11 is 0. The summed E-state index contributed by atoms with van der Waals surface area (Å²) in [7, 11) is 0. The second-order valence-electron chi connectivity index (χ2n) is 17.3. The van der Waals surface area contributed by atoms with E-state index >= 15 is 0 Å². The summed E-state index contributed by atoms with van der Waals surface area (Å²) in [4.78, 5) is 24.7. The van der Waals surface area contributed by atoms with Crippen molar-refractivity contribution < 1.29 is 19.8 Å². The fourth-order valence-electron chi connectivity index (χ4n) is 13.1. The molecule has 6 rings (SSSR count). The van der Waals surface area contributed by atoms with E-state index in [-0.39, 0.29) is 27.6 Å². The first kappa shape index (κ1) is 32.6. The van der Waals surface area contributed by atoms with E-state index in [0.717, 1.165) is 50.5 Å². The summed E-state index contributed by atoms with van der Waals surface area (Å²) in [6, 6.07) is 7.50. The molecule has 0 saturated heterocycles. The maximum atomic E-state index is 13.2. The van der Waals surface area contributed by atoms with E-state index in [1.54, 1.807) is 12.1 Å². The normalized spacial score (nSPS) is 41.6. The molecule has 2 N–H and O–H groups in total. The van der Waals surface area contributed by atoms with Crippen LogP contribution in [0, 0.1) is 56.7 Å². The van der Waals surface area contributed by atoms with Gasteiger partial charge in [0.25, 0.3) is 0 Å². The number of carboxylic acid groups (broad SMARTS) is 2. The predicted octanol–water partition coefficient (Wildman–Crippen LogP) is 10.7. The van der Waals surface area contributed by atoms with Gasteiger partial charge in [-0.05, 0) is 145 Å². The van der Waals surface area contributed by atoms with Gasteiger partial charge in [0.05, 0.1) is 11.0 Å². The van der Waals surface area contributed by atoms with E-state index < -0.39 is 17.4 Å². The van der Waals surface area contributed by atoms with Gasteiger partial charge in [0, 0.05) is 0 Å². The number of unbranched alkanes of at least 4 members (excludes halogenated alkanes) is 2. The summed E-state index contributed by atoms with van der Waals surface area (Å²) in [6.07, 6.45) is 16.6. The van der Waals surface area contributed by atoms with Crippen LogP contribution in [-0.4, -0.2) is 22.2 Å². The van der Waals surface area contributed by atoms with Crippen molar-refractivity contribution in [2.75, 3.05) is 0 Å². The molecule has 0 unspecified atom stereocenters. The monoisotopic (exact) mass is 614 g/mol. The number of rotatable bonds is 8. The van der Waals surface area contributed by atoms with Crippen LogP contribution in [0.1, 0.15) is 141 Å². The lowest BCUT2D eigenvalue weighted by Crippen LogP contribution is -2.65. The SMILES string of the molecule is C=C(CCCCC)[C@@H]1CC[C@]2(C(=O)O)CC[C@]3(C)[C@H](CC[C@@H]4[C@@]5(C)CC=C(c6ccc(C(=O)O)cc6)C(C)(C)[C@@H]5CC[C@]43C)[C@@H]12. The molecule has 0 aliphatic heterocycles. The fourth-order valence-corrected chi connectivity index (χ4v) is 13.1. The van der Waals surface area contributed by atoms with Gasteiger partial charge in [-0.2, -0.15) is 0 Å². The zero-order chi connectivity index (χ0) is 32.6. The molecule has 5 aliphatic rings. The van der Waals surface area contributed by atoms with Crippen molar-refractivity contribution in [1.29, 1.82) is 0 Å². The summed E-state index contributed by atoms with van der Waals surface area (Å²) in [6.45, 7) is 19.5. The summed E-state index contributed by atoms with van der Waals surface area (Å²) < 4.78 is 0. The Balaban J connectivity index is 1.34. The molecule has 45 heavy (non-hydrogen) atoms. The van der Waals surface area contributed by atoms with Gasteiger partial charge < -0.3 is 10.2 Å². The summed E-state index contributed by atoms with van der Waals surface area (Å²) in [5.74, 6) is 0.729. The van der Waals surface area contributed by atoms with Crippen molar-refractivity contribution in [3.8, 4) is 0 Å². The number of carboxylic acids is 2. The Labute approximate surface area is 272 Å². The van der Waals surface area contributed by atoms with Gasteiger partial charge in [-0.1, -0.05) is 84.7 Å². The quantitative estimate of drug-likeness (QED) is 0.226. The molecule has 0 spiro atoms. The molecule has 0 amide bonds. The maximum absolute atomic E-state index is 13.2. The van der Waals surface area contributed by atoms with Crippen LogP contribution in [0.5, 0.6) is 0 Å². The van der Waals surface area contributed by atoms with Crippen LogP contribution in [-0.2, 0) is 4.79 Å². The van der Waals surface area contributed by atoms with Crippen molar-refractivity contribution in [3.63, 3.8) is 0 Å². The second kappa shape index (κ2) is 11.1. The average molecular weight is 615 g/mol. The molecule has 0 heterocycles. The number of hydrogen-bond acceptors (Lipinski definition) is 2. The molecule has 4 heteroatoms. The molecule has 0 radical (unpaired) electrons. The van der Waals surface area contributed by atoms with Crippen LogP contribution in [0.4, 0.5) is 0 Å². The molecule has 0 aromatic heterocycles. The molecular weight excluding hydrogens is 556 g/mol. The zero-order valence-corrected chi connectivity index (χ0v) is 28.9. The van der Waals surface area contributed by atoms with Crippen molar-refractivity contribution in [2.45, 2.75) is 125 Å². The van der Waals surface area contributed by atoms with Crippen molar-refractivity contribution in [3.05, 3.63) is 53.6 Å². The van der Waals surface area contributed by atoms with E-state index in [9.17, 15) is 19.8 Å². The highest BCUT2D eigenvalue weighted by atomic mass is 16.4. The molecule has 1 aromatic carbocycles. The minimum atomic E-state index is -0.880. The topological polar surface area (TPSA) is 74.6 Å². The van der Waals surface area contributed by atoms with Crippen LogP contribution >= 0.6 is 0 Å². The van der Waals surface area contributed by atoms with Crippen LogP contribution in [0.3, 0.4) is 0 Å². The van der Waals surface area contributed by atoms with Gasteiger partial charge in [-0.25, -0.2) is 4.79 Å². The molecule has 246 valence electrons. The number of benzene rings is 1. The van der Waals surface area contributed by atoms with Gasteiger partial charge in [-0.15, -0.1) is 0 Å². The van der Waals surface area contributed by atoms with Crippen molar-refractivity contribution in [2.24, 2.45) is 56.7 Å². The number of aliphatic carboxylic acids is 1. The van der Waals surface area contributed by atoms with Crippen LogP contribution < -0.4 is 0 Å². The Kier molecular flexibility index (Phi) is 8.05. The Morgan fingerprint density at radius 1 is 0.844 bits per heavy atom. The lowest BCUT2D eigenvalue weighted by atomic mass is 9.32. The van der Waals surface area contributed by atoms with E-state index in [1.165, 1.54) is 49.7 Å². The highest BCUT2D eigenvalue weighted by Crippen LogP contribution is 2.77. The largest absolute Gasteiger partial charge is 0.481 e. The third-order valence-corrected chi connectivity index (χ3v) is 15.5. The van der Waals surface area contributed by atoms with E-state index in [4.69, 9.17) is 0 Å². The van der Waals surface area contributed by atoms with Gasteiger partial charge in [0.15, 0.2) is 0 Å². The molecule has 4 saturated carbocycles. The number of aromatic carboxylic acids is 1. The van der Waals surface area contributed by atoms with Gasteiger partial charge >= 0.3 is 11.9 Å². The molecule has 5 aliphatic carbocycles. The summed E-state index contributed by atoms with van der Waals surface area (Å²) in [5.41, 5.74) is 4.08. The van der Waals surface area contributed by atoms with Crippen LogP contribution in [0.2, 0.25) is 0 Å². The first-order valence-electron chi connectivity index (χ1n) is 18.1. The minimum Gasteiger partial charge on any atom is -0.481 e. The molecular formula is C41H58O4. The Bertz CT molecular complexity index is 1390. The fraction of sp³-hybridized carbons (Fsp3) is 0.707. The molecule has 4 fully saturated rings. The second-order valence-corrected chi connectivity index (χ2v) is 17.3. The summed E-state index contributed by atoms with van der Waals surface area (Å²) in [5, 5.41) is 20.3. The first-order valence-corrected chi connectivity index (χ1v) is 18.1. The van der Waals surface area contributed by atoms with Crippen LogP contribution in [0.25, 0.3) is 5.57 Å². The molecule has 0 bridgehead atoms. The van der Waals surface area contributed by atoms with Crippen molar-refractivity contribution >= 4 is 17.5 Å². The maximum Gasteiger partial charge on any atom is 0.335 e. The Morgan fingerprint density at radius 2 is 1.56 bits per heavy atom. The van der Waals surface area contributed by atoms with Crippen LogP contribution in [0.15, 0.2) is 42.5 Å². The smallest absolute Gasteiger partial charge is 0.335 e. The van der Waals surface area contributed by atoms with E-state index in [2.05, 4.69) is 54.2 Å². The first-order chi connectivity index (χ1) is 21.2. The van der Waals surface area contributed by atoms with Gasteiger partial charge in [0.2, 0.25) is 0 Å². The number of carbonyl (C=O) groups is 2. The lowest BCUT2D eigenvalue weighted by Gasteiger charge is -2.72. The Morgan fingerprint density at radius 3 is 2.20 bits per heavy atom. The van der Waals surface area contributed by atoms with E-state index in [1.807, 2.05) is 12.1 Å². The van der Waals surface area contributed by atoms with Gasteiger partial charge in [-0.3, -0.25) is 4.79 Å². The standard InChI is InChI=1S/C41H58O4/c1-8-9-10-11-26(2)29-18-23-41(36(44)45)25-24-39(6)31(34(29)41)16-17-33-38(5)21-19-30(27-12-14-28(15-13-27)35(42)43)37(3,4)32(38)20-22-40(33,39)7/h12-15,19,29,31-34H,2,8-11,16-18,20-25H2,1,3-7H3,(H,42,43)(H,44,45)/t29-,31+,32-,33+,34+,38-,39+,40+,41-/m0/s1. The number of fused-ring (bicyclic) bond motifs is 7. The molecule has 4 nitrogen and oxygen atoms in total. The predicted molar refractivity (Wildman–Crippen MR) is 182 cm³/mol. The minimum absolute atomic E-state index is 0.0192. The highest BCUT2D eigenvalue weighted by Gasteiger charge is 2.71. The highest BCUT2D eigenvalue weighted by molar-refractivity contribution is 5.88. The lowest BCUT2D eigenvalue weighted by molar-refractivity contribution is -0.228. The Hall–Kier alpha value is -2.36. The third-order valence-electron chi connectivity index (χ3n) is 15.5. The zero-order valence-electron chi connectivity index (χ0n) is 28.9. The van der Waals surface area contributed by atoms with Gasteiger partial charge in [0.1, 0.15) is 0 Å². The van der Waals surface area contributed by atoms with E-state index in [0.29, 0.717) is 29.2 Å². The average Bonchev–Trinajstić information content (AvgIpc) is 3.39. The van der Waals surface area contributed by atoms with Crippen molar-refractivity contribution in [1.82, 2.24) is 0 Å². The molecule has 9 atom stereocenters.